The lowest BCUT2D eigenvalue weighted by Crippen LogP contribution is -2.40. The van der Waals surface area contributed by atoms with E-state index in [1.807, 2.05) is 0 Å². The summed E-state index contributed by atoms with van der Waals surface area (Å²) in [7, 11) is 0. The molecule has 3 saturated carbocycles. The minimum atomic E-state index is 0.864. The van der Waals surface area contributed by atoms with Crippen molar-refractivity contribution in [3.05, 3.63) is 0 Å². The van der Waals surface area contributed by atoms with Crippen LogP contribution in [0.2, 0.25) is 0 Å². The zero-order valence-electron chi connectivity index (χ0n) is 12.2. The Morgan fingerprint density at radius 2 is 1.89 bits per heavy atom. The second-order valence-corrected chi connectivity index (χ2v) is 7.29. The minimum absolute atomic E-state index is 0.864. The van der Waals surface area contributed by atoms with E-state index < -0.39 is 0 Å². The Balaban J connectivity index is 1.57. The molecular formula is C17H31N. The Hall–Kier alpha value is -0.0400. The summed E-state index contributed by atoms with van der Waals surface area (Å²) in [4.78, 5) is 0. The minimum Gasteiger partial charge on any atom is -0.314 e. The van der Waals surface area contributed by atoms with Crippen LogP contribution in [-0.2, 0) is 0 Å². The van der Waals surface area contributed by atoms with Crippen LogP contribution in [0, 0.1) is 23.7 Å². The van der Waals surface area contributed by atoms with E-state index in [9.17, 15) is 0 Å². The van der Waals surface area contributed by atoms with Crippen molar-refractivity contribution in [2.75, 3.05) is 6.54 Å². The van der Waals surface area contributed by atoms with Crippen molar-refractivity contribution in [1.82, 2.24) is 5.32 Å². The van der Waals surface area contributed by atoms with Crippen molar-refractivity contribution in [3.8, 4) is 0 Å². The highest BCUT2D eigenvalue weighted by molar-refractivity contribution is 4.96. The van der Waals surface area contributed by atoms with Crippen LogP contribution >= 0.6 is 0 Å². The van der Waals surface area contributed by atoms with Crippen LogP contribution < -0.4 is 5.32 Å². The molecule has 1 heteroatoms. The lowest BCUT2D eigenvalue weighted by atomic mass is 9.79. The molecule has 3 aliphatic rings. The van der Waals surface area contributed by atoms with Gasteiger partial charge in [0.2, 0.25) is 0 Å². The summed E-state index contributed by atoms with van der Waals surface area (Å²) < 4.78 is 0. The maximum absolute atomic E-state index is 3.92. The van der Waals surface area contributed by atoms with Crippen molar-refractivity contribution in [2.45, 2.75) is 77.2 Å². The maximum Gasteiger partial charge on any atom is 0.0101 e. The van der Waals surface area contributed by atoms with Gasteiger partial charge in [-0.05, 0) is 62.3 Å². The lowest BCUT2D eigenvalue weighted by molar-refractivity contribution is 0.217. The molecular weight excluding hydrogens is 218 g/mol. The van der Waals surface area contributed by atoms with Gasteiger partial charge >= 0.3 is 0 Å². The zero-order chi connectivity index (χ0) is 12.4. The highest BCUT2D eigenvalue weighted by Crippen LogP contribution is 2.50. The molecule has 1 N–H and O–H groups in total. The van der Waals surface area contributed by atoms with Crippen molar-refractivity contribution < 1.29 is 0 Å². The van der Waals surface area contributed by atoms with E-state index in [2.05, 4.69) is 12.2 Å². The third-order valence-electron chi connectivity index (χ3n) is 6.03. The topological polar surface area (TPSA) is 12.0 Å². The van der Waals surface area contributed by atoms with Gasteiger partial charge in [0.1, 0.15) is 0 Å². The summed E-state index contributed by atoms with van der Waals surface area (Å²) in [5, 5.41) is 3.92. The van der Waals surface area contributed by atoms with E-state index in [0.29, 0.717) is 0 Å². The highest BCUT2D eigenvalue weighted by Gasteiger charge is 2.43. The monoisotopic (exact) mass is 249 g/mol. The number of nitrogens with one attached hydrogen (secondary N) is 1. The number of hydrogen-bond donors (Lipinski definition) is 1. The molecule has 4 unspecified atom stereocenters. The Morgan fingerprint density at radius 1 is 1.06 bits per heavy atom. The van der Waals surface area contributed by atoms with Gasteiger partial charge in [-0.15, -0.1) is 0 Å². The van der Waals surface area contributed by atoms with Gasteiger partial charge in [-0.2, -0.15) is 0 Å². The predicted octanol–water partition coefficient (Wildman–Crippen LogP) is 4.37. The molecule has 0 spiro atoms. The first-order valence-corrected chi connectivity index (χ1v) is 8.60. The van der Waals surface area contributed by atoms with Gasteiger partial charge in [0.25, 0.3) is 0 Å². The normalized spacial score (nSPS) is 37.5. The third-order valence-corrected chi connectivity index (χ3v) is 6.03. The molecule has 0 aliphatic heterocycles. The van der Waals surface area contributed by atoms with Crippen LogP contribution in [0.4, 0.5) is 0 Å². The molecule has 0 saturated heterocycles. The standard InChI is InChI=1S/C17H31N/c1-2-9-18-17(12-13-5-3-4-6-13)16-11-14-7-8-15(16)10-14/h13-18H,2-12H2,1H3. The fraction of sp³-hybridized carbons (Fsp3) is 1.00. The molecule has 3 fully saturated rings. The Morgan fingerprint density at radius 3 is 2.50 bits per heavy atom. The van der Waals surface area contributed by atoms with Gasteiger partial charge in [-0.25, -0.2) is 0 Å². The molecule has 0 aromatic carbocycles. The second-order valence-electron chi connectivity index (χ2n) is 7.29. The summed E-state index contributed by atoms with van der Waals surface area (Å²) >= 11 is 0. The Bertz CT molecular complexity index is 256. The van der Waals surface area contributed by atoms with E-state index in [1.165, 1.54) is 45.1 Å². The summed E-state index contributed by atoms with van der Waals surface area (Å²) in [6.45, 7) is 3.55. The largest absolute Gasteiger partial charge is 0.314 e. The van der Waals surface area contributed by atoms with Gasteiger partial charge in [0.15, 0.2) is 0 Å². The van der Waals surface area contributed by atoms with Gasteiger partial charge in [-0.1, -0.05) is 39.0 Å². The van der Waals surface area contributed by atoms with Crippen LogP contribution in [0.5, 0.6) is 0 Å². The second kappa shape index (κ2) is 5.94. The van der Waals surface area contributed by atoms with Gasteiger partial charge in [0, 0.05) is 6.04 Å². The molecule has 1 nitrogen and oxygen atoms in total. The maximum atomic E-state index is 3.92. The lowest BCUT2D eigenvalue weighted by Gasteiger charge is -2.33. The van der Waals surface area contributed by atoms with E-state index in [4.69, 9.17) is 0 Å². The molecule has 18 heavy (non-hydrogen) atoms. The van der Waals surface area contributed by atoms with Gasteiger partial charge in [0.05, 0.1) is 0 Å². The molecule has 0 aromatic rings. The fourth-order valence-corrected chi connectivity index (χ4v) is 5.13. The molecule has 0 aromatic heterocycles. The molecule has 4 atom stereocenters. The fourth-order valence-electron chi connectivity index (χ4n) is 5.13. The molecule has 0 radical (unpaired) electrons. The van der Waals surface area contributed by atoms with Crippen LogP contribution in [0.3, 0.4) is 0 Å². The van der Waals surface area contributed by atoms with E-state index in [0.717, 1.165) is 29.7 Å². The number of rotatable bonds is 6. The first-order valence-electron chi connectivity index (χ1n) is 8.60. The summed E-state index contributed by atoms with van der Waals surface area (Å²) in [6.07, 6.45) is 15.0. The van der Waals surface area contributed by atoms with E-state index in [-0.39, 0.29) is 0 Å². The van der Waals surface area contributed by atoms with Crippen molar-refractivity contribution >= 4 is 0 Å². The van der Waals surface area contributed by atoms with Crippen LogP contribution in [0.25, 0.3) is 0 Å². The number of fused-ring (bicyclic) bond motifs is 2. The van der Waals surface area contributed by atoms with Gasteiger partial charge < -0.3 is 5.32 Å². The Kier molecular flexibility index (Phi) is 4.28. The smallest absolute Gasteiger partial charge is 0.0101 e. The van der Waals surface area contributed by atoms with Crippen LogP contribution in [0.1, 0.15) is 71.1 Å². The van der Waals surface area contributed by atoms with Gasteiger partial charge in [-0.3, -0.25) is 0 Å². The molecule has 3 aliphatic carbocycles. The van der Waals surface area contributed by atoms with E-state index >= 15 is 0 Å². The van der Waals surface area contributed by atoms with Crippen LogP contribution in [0.15, 0.2) is 0 Å². The average Bonchev–Trinajstić information content (AvgIpc) is 3.10. The number of hydrogen-bond acceptors (Lipinski definition) is 1. The van der Waals surface area contributed by atoms with Crippen molar-refractivity contribution in [3.63, 3.8) is 0 Å². The zero-order valence-corrected chi connectivity index (χ0v) is 12.2. The quantitative estimate of drug-likeness (QED) is 0.737. The summed E-state index contributed by atoms with van der Waals surface area (Å²) in [5.41, 5.74) is 0. The summed E-state index contributed by atoms with van der Waals surface area (Å²) in [6, 6.07) is 0.864. The molecule has 0 heterocycles. The summed E-state index contributed by atoms with van der Waals surface area (Å²) in [5.74, 6) is 4.29. The average molecular weight is 249 g/mol. The SMILES string of the molecule is CCCNC(CC1CCCC1)C1CC2CCC1C2. The molecule has 3 rings (SSSR count). The van der Waals surface area contributed by atoms with Crippen molar-refractivity contribution in [2.24, 2.45) is 23.7 Å². The van der Waals surface area contributed by atoms with Crippen molar-refractivity contribution in [1.29, 1.82) is 0 Å². The van der Waals surface area contributed by atoms with E-state index in [1.54, 1.807) is 25.7 Å². The Labute approximate surface area is 113 Å². The highest BCUT2D eigenvalue weighted by atomic mass is 14.9. The molecule has 104 valence electrons. The molecule has 2 bridgehead atoms. The third kappa shape index (κ3) is 2.76. The molecule has 0 amide bonds. The first-order chi connectivity index (χ1) is 8.86. The first kappa shape index (κ1) is 13.0. The predicted molar refractivity (Wildman–Crippen MR) is 77.6 cm³/mol. The van der Waals surface area contributed by atoms with Crippen LogP contribution in [-0.4, -0.2) is 12.6 Å².